The van der Waals surface area contributed by atoms with Gasteiger partial charge in [0.2, 0.25) is 0 Å². The summed E-state index contributed by atoms with van der Waals surface area (Å²) >= 11 is 0. The molecule has 0 aliphatic rings. The summed E-state index contributed by atoms with van der Waals surface area (Å²) < 4.78 is 15.0. The topological polar surface area (TPSA) is 56.8 Å². The lowest BCUT2D eigenvalue weighted by Crippen LogP contribution is -2.08. The summed E-state index contributed by atoms with van der Waals surface area (Å²) in [5.41, 5.74) is 0.947. The molecule has 0 unspecified atom stereocenters. The molecule has 0 radical (unpaired) electrons. The number of hydrogen-bond donors (Lipinski definition) is 1. The lowest BCUT2D eigenvalue weighted by molar-refractivity contribution is 0.0593. The average Bonchev–Trinajstić information content (AvgIpc) is 2.42. The zero-order chi connectivity index (χ0) is 13.5. The van der Waals surface area contributed by atoms with Crippen molar-refractivity contribution in [3.63, 3.8) is 0 Å². The molecule has 1 aromatic rings. The molecule has 1 N–H and O–H groups in total. The summed E-state index contributed by atoms with van der Waals surface area (Å²) in [7, 11) is 4.23. The van der Waals surface area contributed by atoms with Gasteiger partial charge in [0, 0.05) is 17.8 Å². The lowest BCUT2D eigenvalue weighted by Gasteiger charge is -2.14. The van der Waals surface area contributed by atoms with Crippen LogP contribution in [-0.2, 0) is 4.74 Å². The number of hydrogen-bond acceptors (Lipinski definition) is 5. The molecule has 0 bridgehead atoms. The van der Waals surface area contributed by atoms with Crippen molar-refractivity contribution >= 4 is 11.7 Å². The SMILES string of the molecule is C#CCNc1cc(OC)c(C(=O)OC)c(OC)c1. The number of carbonyl (C=O) groups is 1. The molecule has 0 amide bonds. The second kappa shape index (κ2) is 6.40. The van der Waals surface area contributed by atoms with Gasteiger partial charge in [0.1, 0.15) is 17.1 Å². The highest BCUT2D eigenvalue weighted by Gasteiger charge is 2.20. The summed E-state index contributed by atoms with van der Waals surface area (Å²) in [6.45, 7) is 0.365. The molecule has 0 fully saturated rings. The first-order chi connectivity index (χ1) is 8.67. The smallest absolute Gasteiger partial charge is 0.345 e. The zero-order valence-corrected chi connectivity index (χ0v) is 10.6. The van der Waals surface area contributed by atoms with Crippen LogP contribution in [0.5, 0.6) is 11.5 Å². The Kier molecular flexibility index (Phi) is 4.88. The average molecular weight is 249 g/mol. The quantitative estimate of drug-likeness (QED) is 0.633. The third-order valence-corrected chi connectivity index (χ3v) is 2.29. The molecule has 0 aliphatic heterocycles. The summed E-state index contributed by atoms with van der Waals surface area (Å²) in [4.78, 5) is 11.7. The van der Waals surface area contributed by atoms with E-state index in [1.807, 2.05) is 0 Å². The van der Waals surface area contributed by atoms with Gasteiger partial charge in [0.15, 0.2) is 0 Å². The van der Waals surface area contributed by atoms with Gasteiger partial charge in [-0.15, -0.1) is 6.42 Å². The number of rotatable bonds is 5. The molecule has 0 saturated carbocycles. The maximum atomic E-state index is 11.7. The van der Waals surface area contributed by atoms with Crippen molar-refractivity contribution in [2.45, 2.75) is 0 Å². The largest absolute Gasteiger partial charge is 0.496 e. The molecule has 1 aromatic carbocycles. The van der Waals surface area contributed by atoms with Gasteiger partial charge in [-0.25, -0.2) is 4.79 Å². The molecular weight excluding hydrogens is 234 g/mol. The molecule has 0 aliphatic carbocycles. The van der Waals surface area contributed by atoms with Crippen molar-refractivity contribution < 1.29 is 19.0 Å². The van der Waals surface area contributed by atoms with E-state index < -0.39 is 5.97 Å². The summed E-state index contributed by atoms with van der Waals surface area (Å²) in [5, 5.41) is 2.98. The number of anilines is 1. The molecular formula is C13H15NO4. The molecule has 5 nitrogen and oxygen atoms in total. The van der Waals surface area contributed by atoms with E-state index in [1.54, 1.807) is 12.1 Å². The third-order valence-electron chi connectivity index (χ3n) is 2.29. The summed E-state index contributed by atoms with van der Waals surface area (Å²) in [6.07, 6.45) is 5.17. The number of nitrogens with one attached hydrogen (secondary N) is 1. The Morgan fingerprint density at radius 2 is 1.83 bits per heavy atom. The highest BCUT2D eigenvalue weighted by atomic mass is 16.5. The molecule has 0 atom stereocenters. The van der Waals surface area contributed by atoms with Gasteiger partial charge in [-0.2, -0.15) is 0 Å². The van der Waals surface area contributed by atoms with E-state index in [1.165, 1.54) is 21.3 Å². The first-order valence-corrected chi connectivity index (χ1v) is 5.19. The van der Waals surface area contributed by atoms with E-state index in [2.05, 4.69) is 11.2 Å². The van der Waals surface area contributed by atoms with E-state index >= 15 is 0 Å². The Morgan fingerprint density at radius 3 is 2.22 bits per heavy atom. The van der Waals surface area contributed by atoms with Crippen LogP contribution >= 0.6 is 0 Å². The normalized spacial score (nSPS) is 9.22. The van der Waals surface area contributed by atoms with Gasteiger partial charge < -0.3 is 19.5 Å². The highest BCUT2D eigenvalue weighted by Crippen LogP contribution is 2.33. The van der Waals surface area contributed by atoms with Gasteiger partial charge in [-0.05, 0) is 0 Å². The first-order valence-electron chi connectivity index (χ1n) is 5.19. The van der Waals surface area contributed by atoms with Gasteiger partial charge in [-0.1, -0.05) is 5.92 Å². The van der Waals surface area contributed by atoms with Crippen LogP contribution in [-0.4, -0.2) is 33.8 Å². The molecule has 0 aromatic heterocycles. The molecule has 5 heteroatoms. The van der Waals surface area contributed by atoms with Crippen LogP contribution in [0.4, 0.5) is 5.69 Å². The van der Waals surface area contributed by atoms with Gasteiger partial charge in [-0.3, -0.25) is 0 Å². The van der Waals surface area contributed by atoms with Gasteiger partial charge in [0.05, 0.1) is 27.9 Å². The van der Waals surface area contributed by atoms with Crippen molar-refractivity contribution in [1.29, 1.82) is 0 Å². The van der Waals surface area contributed by atoms with Crippen LogP contribution < -0.4 is 14.8 Å². The Balaban J connectivity index is 3.26. The fraction of sp³-hybridized carbons (Fsp3) is 0.308. The number of esters is 1. The van der Waals surface area contributed by atoms with Crippen LogP contribution in [0, 0.1) is 12.3 Å². The molecule has 0 saturated heterocycles. The summed E-state index contributed by atoms with van der Waals surface area (Å²) in [6, 6.07) is 3.32. The minimum absolute atomic E-state index is 0.244. The second-order valence-electron chi connectivity index (χ2n) is 3.31. The van der Waals surface area contributed by atoms with Crippen LogP contribution in [0.2, 0.25) is 0 Å². The number of terminal acetylenes is 1. The number of ether oxygens (including phenoxy) is 3. The van der Waals surface area contributed by atoms with Crippen molar-refractivity contribution in [3.05, 3.63) is 17.7 Å². The van der Waals surface area contributed by atoms with E-state index in [0.717, 1.165) is 0 Å². The van der Waals surface area contributed by atoms with Crippen molar-refractivity contribution in [3.8, 4) is 23.8 Å². The van der Waals surface area contributed by atoms with Crippen LogP contribution in [0.1, 0.15) is 10.4 Å². The minimum Gasteiger partial charge on any atom is -0.496 e. The number of carbonyl (C=O) groups excluding carboxylic acids is 1. The Hall–Kier alpha value is -2.35. The second-order valence-corrected chi connectivity index (χ2v) is 3.31. The van der Waals surface area contributed by atoms with Crippen molar-refractivity contribution in [2.24, 2.45) is 0 Å². The monoisotopic (exact) mass is 249 g/mol. The maximum Gasteiger partial charge on any atom is 0.345 e. The molecule has 1 rings (SSSR count). The van der Waals surface area contributed by atoms with Gasteiger partial charge in [0.25, 0.3) is 0 Å². The number of benzene rings is 1. The fourth-order valence-corrected chi connectivity index (χ4v) is 1.47. The Bertz CT molecular complexity index is 451. The minimum atomic E-state index is -0.521. The number of methoxy groups -OCH3 is 3. The molecule has 0 spiro atoms. The zero-order valence-electron chi connectivity index (χ0n) is 10.6. The standard InChI is InChI=1S/C13H15NO4/c1-5-6-14-9-7-10(16-2)12(13(15)18-4)11(8-9)17-3/h1,7-8,14H,6H2,2-4H3. The maximum absolute atomic E-state index is 11.7. The molecule has 0 heterocycles. The Morgan fingerprint density at radius 1 is 1.28 bits per heavy atom. The van der Waals surface area contributed by atoms with E-state index in [-0.39, 0.29) is 5.56 Å². The van der Waals surface area contributed by atoms with Crippen LogP contribution in [0.25, 0.3) is 0 Å². The predicted molar refractivity (Wildman–Crippen MR) is 68.2 cm³/mol. The predicted octanol–water partition coefficient (Wildman–Crippen LogP) is 1.54. The Labute approximate surface area is 106 Å². The van der Waals surface area contributed by atoms with E-state index in [4.69, 9.17) is 20.6 Å². The van der Waals surface area contributed by atoms with Crippen LogP contribution in [0.15, 0.2) is 12.1 Å². The highest BCUT2D eigenvalue weighted by molar-refractivity contribution is 5.96. The molecule has 18 heavy (non-hydrogen) atoms. The molecule has 96 valence electrons. The van der Waals surface area contributed by atoms with E-state index in [9.17, 15) is 4.79 Å². The van der Waals surface area contributed by atoms with Crippen molar-refractivity contribution in [1.82, 2.24) is 0 Å². The van der Waals surface area contributed by atoms with E-state index in [0.29, 0.717) is 23.7 Å². The van der Waals surface area contributed by atoms with Gasteiger partial charge >= 0.3 is 5.97 Å². The van der Waals surface area contributed by atoms with Crippen LogP contribution in [0.3, 0.4) is 0 Å². The summed E-state index contributed by atoms with van der Waals surface area (Å²) in [5.74, 6) is 2.66. The fourth-order valence-electron chi connectivity index (χ4n) is 1.47. The lowest BCUT2D eigenvalue weighted by atomic mass is 10.1. The third kappa shape index (κ3) is 2.86. The van der Waals surface area contributed by atoms with Crippen molar-refractivity contribution in [2.75, 3.05) is 33.2 Å². The first kappa shape index (κ1) is 13.7.